The molecule has 11 nitrogen and oxygen atoms in total. The minimum atomic E-state index is -0.885. The third-order valence-electron chi connectivity index (χ3n) is 13.1. The SMILES string of the molecule is CC/C=C/[C@H]1CCC[C@H](O[C@H]2CC[C@H](N(C)C)[C@@H](C)O2)[C@@H](C)C(=O)C2=C[C@@H]3[C@@H](C=C[C@@H]4C[C@@H](O[C@@H]5O[C@@H](C)[C@H](OC)[C@@H](O)[C@H]5OC)C[C@@H]34)[C@@H]2CC(=O)O1. The highest BCUT2D eigenvalue weighted by Gasteiger charge is 2.52. The quantitative estimate of drug-likeness (QED) is 0.242. The van der Waals surface area contributed by atoms with Gasteiger partial charge in [-0.25, -0.2) is 0 Å². The highest BCUT2D eigenvalue weighted by Crippen LogP contribution is 2.54. The van der Waals surface area contributed by atoms with Gasteiger partial charge in [0.2, 0.25) is 0 Å². The van der Waals surface area contributed by atoms with Gasteiger partial charge in [-0.2, -0.15) is 0 Å². The Kier molecular flexibility index (Phi) is 13.7. The molecule has 0 radical (unpaired) electrons. The van der Waals surface area contributed by atoms with E-state index in [1.54, 1.807) is 14.2 Å². The number of Topliss-reactive ketones (excluding diaryl/α,β-unsaturated/α-hetero) is 1. The van der Waals surface area contributed by atoms with Crippen LogP contribution in [0.3, 0.4) is 0 Å². The molecule has 53 heavy (non-hydrogen) atoms. The number of allylic oxidation sites excluding steroid dienone is 5. The number of nitrogens with zero attached hydrogens (tertiary/aromatic N) is 1. The first kappa shape index (κ1) is 40.7. The second-order valence-corrected chi connectivity index (χ2v) is 16.6. The van der Waals surface area contributed by atoms with Crippen LogP contribution in [0.2, 0.25) is 0 Å². The van der Waals surface area contributed by atoms with Crippen LogP contribution in [0.5, 0.6) is 0 Å². The maximum absolute atomic E-state index is 14.7. The summed E-state index contributed by atoms with van der Waals surface area (Å²) in [6, 6.07) is 0.325. The number of esters is 1. The third kappa shape index (κ3) is 8.88. The van der Waals surface area contributed by atoms with Crippen molar-refractivity contribution in [3.05, 3.63) is 36.0 Å². The number of hydrogen-bond acceptors (Lipinski definition) is 11. The van der Waals surface area contributed by atoms with Crippen molar-refractivity contribution in [2.24, 2.45) is 35.5 Å². The Bertz CT molecular complexity index is 1350. The zero-order valence-corrected chi connectivity index (χ0v) is 33.1. The summed E-state index contributed by atoms with van der Waals surface area (Å²) in [6.07, 6.45) is 12.9. The van der Waals surface area contributed by atoms with Gasteiger partial charge >= 0.3 is 5.97 Å². The zero-order chi connectivity index (χ0) is 38.0. The van der Waals surface area contributed by atoms with Crippen LogP contribution >= 0.6 is 0 Å². The fraction of sp³-hybridized carbons (Fsp3) is 0.810. The van der Waals surface area contributed by atoms with Crippen LogP contribution in [-0.4, -0.2) is 118 Å². The molecule has 3 heterocycles. The van der Waals surface area contributed by atoms with Gasteiger partial charge in [-0.1, -0.05) is 38.2 Å². The standard InChI is InChI=1S/C42H65NO10/c1-9-10-12-27-13-11-14-35(53-37-18-17-34(43(5)6)24(3)49-37)23(2)38(45)33-21-31-29(32(33)22-36(44)51-27)16-15-26-19-28(20-30(26)31)52-42-41(48-8)39(46)40(47-7)25(4)50-42/h10,12,15-16,21,23-32,34-35,37,39-42,46H,9,11,13-14,17-20,22H2,1-8H3/b12-10+/t23-,24-,25+,26-,27+,28-,29-,30-,31-,32+,34+,35+,37+,39-,40+,41-,42+/m1/s1. The lowest BCUT2D eigenvalue weighted by atomic mass is 9.70. The van der Waals surface area contributed by atoms with Crippen LogP contribution in [0.1, 0.15) is 85.5 Å². The summed E-state index contributed by atoms with van der Waals surface area (Å²) < 4.78 is 43.1. The summed E-state index contributed by atoms with van der Waals surface area (Å²) in [6.45, 7) is 8.05. The van der Waals surface area contributed by atoms with Gasteiger partial charge in [0.25, 0.3) is 0 Å². The molecule has 0 aromatic carbocycles. The van der Waals surface area contributed by atoms with Crippen molar-refractivity contribution in [2.45, 2.75) is 153 Å². The highest BCUT2D eigenvalue weighted by atomic mass is 16.7. The average Bonchev–Trinajstić information content (AvgIpc) is 3.70. The molecule has 298 valence electrons. The normalized spacial score (nSPS) is 45.2. The highest BCUT2D eigenvalue weighted by molar-refractivity contribution is 5.99. The molecule has 4 fully saturated rings. The number of fused-ring (bicyclic) bond motifs is 5. The van der Waals surface area contributed by atoms with E-state index in [1.165, 1.54) is 0 Å². The fourth-order valence-electron chi connectivity index (χ4n) is 10.3. The van der Waals surface area contributed by atoms with Crippen LogP contribution in [0.4, 0.5) is 0 Å². The Hall–Kier alpha value is -1.96. The van der Waals surface area contributed by atoms with Gasteiger partial charge < -0.3 is 43.2 Å². The zero-order valence-electron chi connectivity index (χ0n) is 33.1. The van der Waals surface area contributed by atoms with E-state index in [-0.39, 0.29) is 84.6 Å². The Morgan fingerprint density at radius 3 is 2.40 bits per heavy atom. The fourth-order valence-corrected chi connectivity index (χ4v) is 10.3. The molecular weight excluding hydrogens is 678 g/mol. The molecule has 0 unspecified atom stereocenters. The van der Waals surface area contributed by atoms with Gasteiger partial charge in [-0.3, -0.25) is 9.59 Å². The van der Waals surface area contributed by atoms with Gasteiger partial charge in [-0.05, 0) is 115 Å². The topological polar surface area (TPSA) is 122 Å². The summed E-state index contributed by atoms with van der Waals surface area (Å²) in [4.78, 5) is 30.5. The number of rotatable bonds is 9. The van der Waals surface area contributed by atoms with Crippen LogP contribution < -0.4 is 0 Å². The van der Waals surface area contributed by atoms with E-state index in [4.69, 9.17) is 33.2 Å². The van der Waals surface area contributed by atoms with E-state index in [0.29, 0.717) is 18.9 Å². The van der Waals surface area contributed by atoms with Gasteiger partial charge in [0.15, 0.2) is 18.4 Å². The van der Waals surface area contributed by atoms with E-state index in [9.17, 15) is 14.7 Å². The van der Waals surface area contributed by atoms with Crippen LogP contribution in [0.15, 0.2) is 36.0 Å². The summed E-state index contributed by atoms with van der Waals surface area (Å²) in [5.74, 6) is -0.284. The molecule has 6 rings (SSSR count). The van der Waals surface area contributed by atoms with E-state index in [0.717, 1.165) is 44.1 Å². The molecule has 0 aromatic heterocycles. The molecule has 0 spiro atoms. The molecule has 6 aliphatic rings. The predicted molar refractivity (Wildman–Crippen MR) is 199 cm³/mol. The second kappa shape index (κ2) is 17.9. The molecule has 3 saturated heterocycles. The number of likely N-dealkylation sites (N-methyl/N-ethyl adjacent to an activating group) is 1. The van der Waals surface area contributed by atoms with E-state index >= 15 is 0 Å². The number of carbonyl (C=O) groups excluding carboxylic acids is 2. The lowest BCUT2D eigenvalue weighted by molar-refractivity contribution is -0.311. The Balaban J connectivity index is 1.22. The van der Waals surface area contributed by atoms with Gasteiger partial charge in [0.1, 0.15) is 24.4 Å². The summed E-state index contributed by atoms with van der Waals surface area (Å²) in [5.41, 5.74) is 0.733. The van der Waals surface area contributed by atoms with Crippen molar-refractivity contribution < 1.29 is 47.9 Å². The Morgan fingerprint density at radius 2 is 1.70 bits per heavy atom. The maximum atomic E-state index is 14.7. The molecule has 17 atom stereocenters. The Morgan fingerprint density at radius 1 is 0.925 bits per heavy atom. The minimum absolute atomic E-state index is 0.00750. The first-order valence-electron chi connectivity index (χ1n) is 20.3. The number of aliphatic hydroxyl groups excluding tert-OH is 1. The van der Waals surface area contributed by atoms with E-state index in [1.807, 2.05) is 19.9 Å². The van der Waals surface area contributed by atoms with Gasteiger partial charge in [-0.15, -0.1) is 0 Å². The first-order valence-corrected chi connectivity index (χ1v) is 20.3. The number of carbonyl (C=O) groups is 2. The monoisotopic (exact) mass is 743 g/mol. The van der Waals surface area contributed by atoms with Crippen LogP contribution in [0.25, 0.3) is 0 Å². The summed E-state index contributed by atoms with van der Waals surface area (Å²) in [5, 5.41) is 11.0. The molecule has 1 saturated carbocycles. The lowest BCUT2D eigenvalue weighted by Crippen LogP contribution is -2.59. The number of ether oxygens (including phenoxy) is 7. The largest absolute Gasteiger partial charge is 0.458 e. The number of hydrogen-bond donors (Lipinski definition) is 1. The predicted octanol–water partition coefficient (Wildman–Crippen LogP) is 5.39. The third-order valence-corrected chi connectivity index (χ3v) is 13.1. The average molecular weight is 744 g/mol. The van der Waals surface area contributed by atoms with Crippen molar-refractivity contribution in [3.8, 4) is 0 Å². The maximum Gasteiger partial charge on any atom is 0.307 e. The number of ketones is 1. The number of cyclic esters (lactones) is 1. The molecule has 0 aromatic rings. The summed E-state index contributed by atoms with van der Waals surface area (Å²) in [7, 11) is 7.27. The van der Waals surface area contributed by atoms with Crippen molar-refractivity contribution >= 4 is 11.8 Å². The molecule has 11 heteroatoms. The molecular formula is C42H65NO10. The van der Waals surface area contributed by atoms with Crippen LogP contribution in [0, 0.1) is 35.5 Å². The lowest BCUT2D eigenvalue weighted by Gasteiger charge is -2.42. The van der Waals surface area contributed by atoms with E-state index in [2.05, 4.69) is 57.1 Å². The molecule has 3 aliphatic heterocycles. The van der Waals surface area contributed by atoms with Gasteiger partial charge in [0, 0.05) is 32.1 Å². The molecule has 0 amide bonds. The minimum Gasteiger partial charge on any atom is -0.458 e. The van der Waals surface area contributed by atoms with Crippen molar-refractivity contribution in [3.63, 3.8) is 0 Å². The van der Waals surface area contributed by atoms with E-state index < -0.39 is 30.5 Å². The molecule has 3 aliphatic carbocycles. The Labute approximate surface area is 316 Å². The van der Waals surface area contributed by atoms with Crippen LogP contribution in [-0.2, 0) is 42.7 Å². The van der Waals surface area contributed by atoms with Crippen molar-refractivity contribution in [1.29, 1.82) is 0 Å². The first-order chi connectivity index (χ1) is 25.4. The van der Waals surface area contributed by atoms with Crippen molar-refractivity contribution in [2.75, 3.05) is 28.3 Å². The van der Waals surface area contributed by atoms with Gasteiger partial charge in [0.05, 0.1) is 30.8 Å². The number of methoxy groups -OCH3 is 2. The second-order valence-electron chi connectivity index (χ2n) is 16.6. The molecule has 1 N–H and O–H groups in total. The molecule has 0 bridgehead atoms. The number of aliphatic hydroxyl groups is 1. The smallest absolute Gasteiger partial charge is 0.307 e. The summed E-state index contributed by atoms with van der Waals surface area (Å²) >= 11 is 0. The van der Waals surface area contributed by atoms with Crippen molar-refractivity contribution in [1.82, 2.24) is 4.90 Å².